The van der Waals surface area contributed by atoms with Crippen LogP contribution in [0.15, 0.2) is 59.2 Å². The van der Waals surface area contributed by atoms with Crippen LogP contribution in [0.3, 0.4) is 0 Å². The number of rotatable bonds is 2. The van der Waals surface area contributed by atoms with Gasteiger partial charge in [0.25, 0.3) is 0 Å². The lowest BCUT2D eigenvalue weighted by atomic mass is 10.1. The molecule has 0 atom stereocenters. The molecule has 1 aromatic heterocycles. The van der Waals surface area contributed by atoms with E-state index in [1.807, 2.05) is 36.4 Å². The summed E-state index contributed by atoms with van der Waals surface area (Å²) in [4.78, 5) is 15.5. The lowest BCUT2D eigenvalue weighted by Crippen LogP contribution is -2.09. The average Bonchev–Trinajstić information content (AvgIpc) is 2.63. The minimum atomic E-state index is -0.0719. The van der Waals surface area contributed by atoms with Crippen LogP contribution in [0, 0.1) is 11.3 Å². The van der Waals surface area contributed by atoms with Crippen LogP contribution in [0.5, 0.6) is 0 Å². The van der Waals surface area contributed by atoms with Crippen molar-refractivity contribution in [2.75, 3.05) is 11.1 Å². The fourth-order valence-electron chi connectivity index (χ4n) is 2.04. The van der Waals surface area contributed by atoms with Crippen LogP contribution in [-0.4, -0.2) is 10.9 Å². The topological polar surface area (TPSA) is 91.8 Å². The van der Waals surface area contributed by atoms with Crippen LogP contribution in [0.4, 0.5) is 11.4 Å². The second-order valence-corrected chi connectivity index (χ2v) is 6.04. The number of nitrogens with zero attached hydrogens (tertiary/aromatic N) is 2. The molecule has 1 heterocycles. The SMILES string of the molecule is Brc1ccccc1.CCC(=O)Nc1ccc2ncc(C#N)c(N)c2c1. The van der Waals surface area contributed by atoms with Gasteiger partial charge in [-0.3, -0.25) is 9.78 Å². The quantitative estimate of drug-likeness (QED) is 0.667. The maximum Gasteiger partial charge on any atom is 0.224 e. The van der Waals surface area contributed by atoms with Crippen molar-refractivity contribution in [3.63, 3.8) is 0 Å². The molecule has 3 aromatic rings. The Morgan fingerprint density at radius 3 is 2.56 bits per heavy atom. The molecule has 0 unspecified atom stereocenters. The number of nitrogens with one attached hydrogen (secondary N) is 1. The minimum Gasteiger partial charge on any atom is -0.397 e. The Labute approximate surface area is 154 Å². The Morgan fingerprint density at radius 1 is 1.28 bits per heavy atom. The Hall–Kier alpha value is -2.91. The fraction of sp³-hybridized carbons (Fsp3) is 0.105. The molecule has 0 aliphatic carbocycles. The van der Waals surface area contributed by atoms with Crippen molar-refractivity contribution in [1.29, 1.82) is 5.26 Å². The van der Waals surface area contributed by atoms with Gasteiger partial charge in [-0.15, -0.1) is 0 Å². The van der Waals surface area contributed by atoms with Crippen LogP contribution >= 0.6 is 15.9 Å². The van der Waals surface area contributed by atoms with Gasteiger partial charge in [0.1, 0.15) is 6.07 Å². The molecule has 0 fully saturated rings. The number of anilines is 2. The van der Waals surface area contributed by atoms with E-state index in [4.69, 9.17) is 11.0 Å². The zero-order chi connectivity index (χ0) is 18.2. The molecule has 0 saturated carbocycles. The van der Waals surface area contributed by atoms with Crippen molar-refractivity contribution in [2.45, 2.75) is 13.3 Å². The number of pyridine rings is 1. The number of nitrogens with two attached hydrogens (primary N) is 1. The highest BCUT2D eigenvalue weighted by Crippen LogP contribution is 2.25. The maximum absolute atomic E-state index is 11.3. The van der Waals surface area contributed by atoms with Crippen molar-refractivity contribution >= 4 is 44.1 Å². The molecule has 0 spiro atoms. The van der Waals surface area contributed by atoms with Crippen LogP contribution in [-0.2, 0) is 4.79 Å². The van der Waals surface area contributed by atoms with Crippen molar-refractivity contribution in [2.24, 2.45) is 0 Å². The first kappa shape index (κ1) is 18.4. The summed E-state index contributed by atoms with van der Waals surface area (Å²) in [6.45, 7) is 1.78. The largest absolute Gasteiger partial charge is 0.397 e. The summed E-state index contributed by atoms with van der Waals surface area (Å²) in [5, 5.41) is 12.3. The van der Waals surface area contributed by atoms with Gasteiger partial charge in [-0.25, -0.2) is 0 Å². The molecule has 0 aliphatic rings. The molecule has 2 aromatic carbocycles. The number of halogens is 1. The predicted octanol–water partition coefficient (Wildman–Crippen LogP) is 4.49. The summed E-state index contributed by atoms with van der Waals surface area (Å²) in [6, 6.07) is 17.2. The van der Waals surface area contributed by atoms with Gasteiger partial charge in [0.05, 0.1) is 16.8 Å². The van der Waals surface area contributed by atoms with E-state index in [9.17, 15) is 4.79 Å². The number of hydrogen-bond donors (Lipinski definition) is 2. The smallest absolute Gasteiger partial charge is 0.224 e. The predicted molar refractivity (Wildman–Crippen MR) is 104 cm³/mol. The average molecular weight is 397 g/mol. The highest BCUT2D eigenvalue weighted by molar-refractivity contribution is 9.10. The molecule has 3 rings (SSSR count). The first-order valence-corrected chi connectivity index (χ1v) is 8.43. The second kappa shape index (κ2) is 8.81. The minimum absolute atomic E-state index is 0.0719. The summed E-state index contributed by atoms with van der Waals surface area (Å²) < 4.78 is 1.13. The molecule has 6 heteroatoms. The van der Waals surface area contributed by atoms with Gasteiger partial charge in [0.2, 0.25) is 5.91 Å². The number of aromatic nitrogens is 1. The fourth-order valence-corrected chi connectivity index (χ4v) is 2.35. The Kier molecular flexibility index (Phi) is 6.49. The monoisotopic (exact) mass is 396 g/mol. The zero-order valence-corrected chi connectivity index (χ0v) is 15.2. The third-order valence-corrected chi connectivity index (χ3v) is 3.90. The molecule has 5 nitrogen and oxygen atoms in total. The third-order valence-electron chi connectivity index (χ3n) is 3.37. The van der Waals surface area contributed by atoms with E-state index in [0.29, 0.717) is 34.3 Å². The second-order valence-electron chi connectivity index (χ2n) is 5.13. The van der Waals surface area contributed by atoms with Gasteiger partial charge in [0.15, 0.2) is 0 Å². The maximum atomic E-state index is 11.3. The number of amides is 1. The van der Waals surface area contributed by atoms with E-state index in [0.717, 1.165) is 4.47 Å². The molecule has 0 radical (unpaired) electrons. The van der Waals surface area contributed by atoms with Crippen LogP contribution in [0.25, 0.3) is 10.9 Å². The number of carbonyl (C=O) groups excluding carboxylic acids is 1. The van der Waals surface area contributed by atoms with E-state index in [1.54, 1.807) is 25.1 Å². The van der Waals surface area contributed by atoms with Crippen molar-refractivity contribution in [1.82, 2.24) is 4.98 Å². The Bertz CT molecular complexity index is 920. The summed E-state index contributed by atoms with van der Waals surface area (Å²) >= 11 is 3.31. The summed E-state index contributed by atoms with van der Waals surface area (Å²) in [6.07, 6.45) is 1.85. The molecule has 25 heavy (non-hydrogen) atoms. The summed E-state index contributed by atoms with van der Waals surface area (Å²) in [5.74, 6) is -0.0719. The van der Waals surface area contributed by atoms with E-state index in [2.05, 4.69) is 26.2 Å². The molecule has 0 bridgehead atoms. The number of benzene rings is 2. The van der Waals surface area contributed by atoms with Gasteiger partial charge in [-0.2, -0.15) is 5.26 Å². The molecule has 126 valence electrons. The van der Waals surface area contributed by atoms with Gasteiger partial charge in [0, 0.05) is 28.2 Å². The summed E-state index contributed by atoms with van der Waals surface area (Å²) in [7, 11) is 0. The standard InChI is InChI=1S/C13H12N4O.C6H5Br/c1-2-12(18)17-9-3-4-11-10(5-9)13(15)8(6-14)7-16-11;7-6-4-2-1-3-5-6/h3-5,7H,2H2,1H3,(H2,15,16)(H,17,18);1-5H. The summed E-state index contributed by atoms with van der Waals surface area (Å²) in [5.41, 5.74) is 7.95. The van der Waals surface area contributed by atoms with E-state index < -0.39 is 0 Å². The number of hydrogen-bond acceptors (Lipinski definition) is 4. The van der Waals surface area contributed by atoms with Crippen LogP contribution in [0.2, 0.25) is 0 Å². The van der Waals surface area contributed by atoms with E-state index >= 15 is 0 Å². The Morgan fingerprint density at radius 2 is 2.00 bits per heavy atom. The van der Waals surface area contributed by atoms with Crippen LogP contribution < -0.4 is 11.1 Å². The normalized spacial score (nSPS) is 9.64. The first-order valence-electron chi connectivity index (χ1n) is 7.64. The van der Waals surface area contributed by atoms with Crippen LogP contribution in [0.1, 0.15) is 18.9 Å². The highest BCUT2D eigenvalue weighted by atomic mass is 79.9. The van der Waals surface area contributed by atoms with Gasteiger partial charge in [-0.05, 0) is 30.3 Å². The van der Waals surface area contributed by atoms with Gasteiger partial charge < -0.3 is 11.1 Å². The molecular weight excluding hydrogens is 380 g/mol. The van der Waals surface area contributed by atoms with Gasteiger partial charge >= 0.3 is 0 Å². The van der Waals surface area contributed by atoms with E-state index in [-0.39, 0.29) is 5.91 Å². The molecule has 1 amide bonds. The first-order chi connectivity index (χ1) is 12.0. The lowest BCUT2D eigenvalue weighted by molar-refractivity contribution is -0.115. The van der Waals surface area contributed by atoms with Crippen molar-refractivity contribution < 1.29 is 4.79 Å². The lowest BCUT2D eigenvalue weighted by Gasteiger charge is -2.07. The molecule has 0 aliphatic heterocycles. The highest BCUT2D eigenvalue weighted by Gasteiger charge is 2.07. The zero-order valence-electron chi connectivity index (χ0n) is 13.7. The van der Waals surface area contributed by atoms with E-state index in [1.165, 1.54) is 6.20 Å². The van der Waals surface area contributed by atoms with Crippen molar-refractivity contribution in [3.8, 4) is 6.07 Å². The van der Waals surface area contributed by atoms with Crippen molar-refractivity contribution in [3.05, 3.63) is 64.8 Å². The Balaban J connectivity index is 0.000000269. The number of carbonyl (C=O) groups is 1. The molecule has 3 N–H and O–H groups in total. The molecular formula is C19H17BrN4O. The number of nitrogen functional groups attached to an aromatic ring is 1. The molecule has 0 saturated heterocycles. The van der Waals surface area contributed by atoms with Gasteiger partial charge in [-0.1, -0.05) is 41.1 Å². The number of fused-ring (bicyclic) bond motifs is 1. The number of nitriles is 1. The third kappa shape index (κ3) is 5.03.